The molecule has 1 spiro atoms. The van der Waals surface area contributed by atoms with Crippen molar-refractivity contribution in [2.75, 3.05) is 25.1 Å². The molecule has 1 saturated heterocycles. The number of aliphatic hydroxyl groups is 1. The molecular formula is C17H20F2N2O2. The van der Waals surface area contributed by atoms with Gasteiger partial charge in [-0.15, -0.1) is 0 Å². The number of nitrogens with zero attached hydrogens (tertiary/aromatic N) is 1. The predicted octanol–water partition coefficient (Wildman–Crippen LogP) is 2.82. The Morgan fingerprint density at radius 2 is 1.91 bits per heavy atom. The summed E-state index contributed by atoms with van der Waals surface area (Å²) in [5, 5.41) is 22.1. The largest absolute Gasteiger partial charge is 0.392 e. The number of benzene rings is 1. The van der Waals surface area contributed by atoms with E-state index in [2.05, 4.69) is 5.32 Å². The van der Waals surface area contributed by atoms with Gasteiger partial charge in [-0.3, -0.25) is 0 Å². The number of aliphatic hydroxyl groups excluding tert-OH is 1. The number of anilines is 1. The Bertz CT molecular complexity index is 601. The van der Waals surface area contributed by atoms with Gasteiger partial charge in [0, 0.05) is 31.1 Å². The van der Waals surface area contributed by atoms with Gasteiger partial charge in [-0.05, 0) is 37.8 Å². The van der Waals surface area contributed by atoms with Gasteiger partial charge >= 0.3 is 0 Å². The summed E-state index contributed by atoms with van der Waals surface area (Å²) in [6, 6.07) is 3.74. The second-order valence-electron chi connectivity index (χ2n) is 6.53. The molecule has 1 aromatic rings. The van der Waals surface area contributed by atoms with Gasteiger partial charge in [0.15, 0.2) is 11.6 Å². The van der Waals surface area contributed by atoms with Crippen LogP contribution in [0.4, 0.5) is 14.5 Å². The van der Waals surface area contributed by atoms with Crippen LogP contribution in [0.15, 0.2) is 12.1 Å². The standard InChI is InChI=1S/C17H20F2N2O2/c18-13-7-11(9-20)8-14(19)15(13)21-10-12-1-2-17(16(12)22)3-5-23-6-4-17/h7-8,12,16,21-22H,1-6,10H2. The Kier molecular flexibility index (Phi) is 4.51. The molecule has 6 heteroatoms. The van der Waals surface area contributed by atoms with Crippen LogP contribution >= 0.6 is 0 Å². The summed E-state index contributed by atoms with van der Waals surface area (Å²) in [6.07, 6.45) is 2.94. The van der Waals surface area contributed by atoms with E-state index >= 15 is 0 Å². The first-order chi connectivity index (χ1) is 11.1. The Hall–Kier alpha value is -1.71. The quantitative estimate of drug-likeness (QED) is 0.898. The van der Waals surface area contributed by atoms with E-state index < -0.39 is 17.7 Å². The fraction of sp³-hybridized carbons (Fsp3) is 0.588. The molecule has 1 aliphatic carbocycles. The molecule has 2 N–H and O–H groups in total. The average Bonchev–Trinajstić information content (AvgIpc) is 2.84. The molecule has 1 heterocycles. The van der Waals surface area contributed by atoms with Crippen LogP contribution < -0.4 is 5.32 Å². The highest BCUT2D eigenvalue weighted by Crippen LogP contribution is 2.48. The van der Waals surface area contributed by atoms with E-state index in [-0.39, 0.29) is 22.6 Å². The van der Waals surface area contributed by atoms with Crippen molar-refractivity contribution < 1.29 is 18.6 Å². The topological polar surface area (TPSA) is 65.3 Å². The second kappa shape index (κ2) is 6.42. The van der Waals surface area contributed by atoms with Crippen LogP contribution in [0.1, 0.15) is 31.2 Å². The molecule has 4 nitrogen and oxygen atoms in total. The highest BCUT2D eigenvalue weighted by atomic mass is 19.1. The van der Waals surface area contributed by atoms with E-state index in [1.807, 2.05) is 0 Å². The SMILES string of the molecule is N#Cc1cc(F)c(NCC2CCC3(CCOCC3)C2O)c(F)c1. The number of hydrogen-bond acceptors (Lipinski definition) is 4. The molecule has 2 atom stereocenters. The van der Waals surface area contributed by atoms with E-state index in [1.54, 1.807) is 6.07 Å². The lowest BCUT2D eigenvalue weighted by atomic mass is 9.76. The molecule has 23 heavy (non-hydrogen) atoms. The fourth-order valence-electron chi connectivity index (χ4n) is 3.86. The van der Waals surface area contributed by atoms with Gasteiger partial charge in [0.25, 0.3) is 0 Å². The molecule has 0 amide bonds. The summed E-state index contributed by atoms with van der Waals surface area (Å²) in [7, 11) is 0. The van der Waals surface area contributed by atoms with Crippen molar-refractivity contribution in [3.63, 3.8) is 0 Å². The van der Waals surface area contributed by atoms with Gasteiger partial charge in [0.2, 0.25) is 0 Å². The number of nitrogens with one attached hydrogen (secondary N) is 1. The maximum atomic E-state index is 13.9. The van der Waals surface area contributed by atoms with Crippen LogP contribution in [0.25, 0.3) is 0 Å². The first-order valence-corrected chi connectivity index (χ1v) is 7.94. The van der Waals surface area contributed by atoms with Crippen molar-refractivity contribution in [2.24, 2.45) is 11.3 Å². The van der Waals surface area contributed by atoms with Crippen LogP contribution in [0, 0.1) is 34.3 Å². The van der Waals surface area contributed by atoms with Crippen molar-refractivity contribution in [3.8, 4) is 6.07 Å². The van der Waals surface area contributed by atoms with E-state index in [1.165, 1.54) is 0 Å². The average molecular weight is 322 g/mol. The first kappa shape index (κ1) is 16.2. The second-order valence-corrected chi connectivity index (χ2v) is 6.53. The van der Waals surface area contributed by atoms with Crippen LogP contribution in [-0.2, 0) is 4.74 Å². The number of nitriles is 1. The summed E-state index contributed by atoms with van der Waals surface area (Å²) < 4.78 is 33.1. The van der Waals surface area contributed by atoms with Crippen molar-refractivity contribution in [1.29, 1.82) is 5.26 Å². The van der Waals surface area contributed by atoms with Crippen LogP contribution in [0.2, 0.25) is 0 Å². The van der Waals surface area contributed by atoms with Crippen molar-refractivity contribution in [2.45, 2.75) is 31.8 Å². The summed E-state index contributed by atoms with van der Waals surface area (Å²) in [6.45, 7) is 1.63. The predicted molar refractivity (Wildman–Crippen MR) is 80.8 cm³/mol. The molecule has 0 bridgehead atoms. The summed E-state index contributed by atoms with van der Waals surface area (Å²) >= 11 is 0. The summed E-state index contributed by atoms with van der Waals surface area (Å²) in [5.74, 6) is -1.60. The zero-order valence-corrected chi connectivity index (χ0v) is 12.8. The lowest BCUT2D eigenvalue weighted by Gasteiger charge is -2.37. The van der Waals surface area contributed by atoms with Gasteiger partial charge in [-0.2, -0.15) is 5.26 Å². The Labute approximate surface area is 134 Å². The Balaban J connectivity index is 1.67. The molecule has 1 saturated carbocycles. The number of halogens is 2. The molecule has 2 fully saturated rings. The fourth-order valence-corrected chi connectivity index (χ4v) is 3.86. The van der Waals surface area contributed by atoms with Crippen LogP contribution in [-0.4, -0.2) is 31.0 Å². The Morgan fingerprint density at radius 1 is 1.26 bits per heavy atom. The number of rotatable bonds is 3. The van der Waals surface area contributed by atoms with Crippen molar-refractivity contribution >= 4 is 5.69 Å². The minimum atomic E-state index is -0.783. The number of ether oxygens (including phenoxy) is 1. The minimum Gasteiger partial charge on any atom is -0.392 e. The molecule has 124 valence electrons. The molecule has 0 aromatic heterocycles. The van der Waals surface area contributed by atoms with Crippen molar-refractivity contribution in [1.82, 2.24) is 0 Å². The molecular weight excluding hydrogens is 302 g/mol. The first-order valence-electron chi connectivity index (χ1n) is 7.94. The van der Waals surface area contributed by atoms with Gasteiger partial charge < -0.3 is 15.2 Å². The molecule has 2 aliphatic rings. The van der Waals surface area contributed by atoms with Crippen molar-refractivity contribution in [3.05, 3.63) is 29.3 Å². The molecule has 0 radical (unpaired) electrons. The lowest BCUT2D eigenvalue weighted by Crippen LogP contribution is -2.40. The third kappa shape index (κ3) is 3.04. The van der Waals surface area contributed by atoms with Gasteiger partial charge in [0.05, 0.1) is 17.7 Å². The monoisotopic (exact) mass is 322 g/mol. The van der Waals surface area contributed by atoms with E-state index in [9.17, 15) is 13.9 Å². The maximum absolute atomic E-state index is 13.9. The third-order valence-electron chi connectivity index (χ3n) is 5.29. The van der Waals surface area contributed by atoms with Gasteiger partial charge in [-0.1, -0.05) is 0 Å². The third-order valence-corrected chi connectivity index (χ3v) is 5.29. The highest BCUT2D eigenvalue weighted by molar-refractivity contribution is 5.50. The van der Waals surface area contributed by atoms with E-state index in [4.69, 9.17) is 10.00 Å². The zero-order chi connectivity index (χ0) is 16.4. The van der Waals surface area contributed by atoms with Crippen LogP contribution in [0.5, 0.6) is 0 Å². The summed E-state index contributed by atoms with van der Waals surface area (Å²) in [5.41, 5.74) is -0.386. The van der Waals surface area contributed by atoms with Gasteiger partial charge in [-0.25, -0.2) is 8.78 Å². The molecule has 1 aliphatic heterocycles. The smallest absolute Gasteiger partial charge is 0.150 e. The molecule has 3 rings (SSSR count). The maximum Gasteiger partial charge on any atom is 0.150 e. The van der Waals surface area contributed by atoms with Crippen LogP contribution in [0.3, 0.4) is 0 Å². The van der Waals surface area contributed by atoms with Gasteiger partial charge in [0.1, 0.15) is 5.69 Å². The molecule has 2 unspecified atom stereocenters. The highest BCUT2D eigenvalue weighted by Gasteiger charge is 2.48. The normalized spacial score (nSPS) is 26.2. The number of hydrogen-bond donors (Lipinski definition) is 2. The van der Waals surface area contributed by atoms with E-state index in [0.29, 0.717) is 19.8 Å². The molecule has 1 aromatic carbocycles. The van der Waals surface area contributed by atoms with E-state index in [0.717, 1.165) is 37.8 Å². The zero-order valence-electron chi connectivity index (χ0n) is 12.8. The Morgan fingerprint density at radius 3 is 2.52 bits per heavy atom. The lowest BCUT2D eigenvalue weighted by molar-refractivity contribution is -0.0545. The summed E-state index contributed by atoms with van der Waals surface area (Å²) in [4.78, 5) is 0. The minimum absolute atomic E-state index is 0.0393.